The van der Waals surface area contributed by atoms with Gasteiger partial charge in [0.25, 0.3) is 0 Å². The number of aliphatic hydroxyl groups is 2. The molecule has 0 saturated carbocycles. The first-order valence-electron chi connectivity index (χ1n) is 29.1. The molecule has 65 heavy (non-hydrogen) atoms. The molecule has 2 atom stereocenters. The first kappa shape index (κ1) is 63.3. The van der Waals surface area contributed by atoms with E-state index in [0.717, 1.165) is 44.9 Å². The smallest absolute Gasteiger partial charge is 0.305 e. The summed E-state index contributed by atoms with van der Waals surface area (Å²) in [5.41, 5.74) is 0. The van der Waals surface area contributed by atoms with Crippen molar-refractivity contribution in [3.63, 3.8) is 0 Å². The Morgan fingerprint density at radius 2 is 0.723 bits per heavy atom. The van der Waals surface area contributed by atoms with Crippen LogP contribution in [-0.2, 0) is 14.3 Å². The Labute approximate surface area is 405 Å². The summed E-state index contributed by atoms with van der Waals surface area (Å²) in [6.45, 7) is 4.89. The van der Waals surface area contributed by atoms with Crippen molar-refractivity contribution in [2.75, 3.05) is 13.2 Å². The fourth-order valence-corrected chi connectivity index (χ4v) is 8.98. The number of rotatable bonds is 54. The molecule has 0 saturated heterocycles. The van der Waals surface area contributed by atoms with Gasteiger partial charge in [-0.15, -0.1) is 0 Å². The quantitative estimate of drug-likeness (QED) is 0.0321. The third-order valence-corrected chi connectivity index (χ3v) is 13.5. The molecular weight excluding hydrogens is 803 g/mol. The zero-order valence-corrected chi connectivity index (χ0v) is 43.7. The summed E-state index contributed by atoms with van der Waals surface area (Å²) in [6, 6.07) is -0.625. The molecule has 0 aliphatic heterocycles. The number of carbonyl (C=O) groups excluding carboxylic acids is 2. The Bertz CT molecular complexity index is 1010. The Morgan fingerprint density at radius 1 is 0.415 bits per heavy atom. The zero-order chi connectivity index (χ0) is 47.2. The highest BCUT2D eigenvalue weighted by Crippen LogP contribution is 2.17. The lowest BCUT2D eigenvalue weighted by Gasteiger charge is -2.20. The van der Waals surface area contributed by atoms with Crippen LogP contribution in [0.5, 0.6) is 0 Å². The third kappa shape index (κ3) is 51.6. The van der Waals surface area contributed by atoms with Gasteiger partial charge >= 0.3 is 5.97 Å². The number of hydrogen-bond acceptors (Lipinski definition) is 5. The molecule has 384 valence electrons. The van der Waals surface area contributed by atoms with Gasteiger partial charge in [0.05, 0.1) is 25.4 Å². The number of carbonyl (C=O) groups is 2. The summed E-state index contributed by atoms with van der Waals surface area (Å²) in [4.78, 5) is 24.4. The minimum Gasteiger partial charge on any atom is -0.466 e. The number of esters is 1. The average molecular weight is 917 g/mol. The van der Waals surface area contributed by atoms with Gasteiger partial charge < -0.3 is 20.3 Å². The highest BCUT2D eigenvalue weighted by molar-refractivity contribution is 5.76. The molecule has 0 aromatic heterocycles. The van der Waals surface area contributed by atoms with E-state index in [1.54, 1.807) is 6.08 Å². The van der Waals surface area contributed by atoms with Gasteiger partial charge in [-0.1, -0.05) is 269 Å². The lowest BCUT2D eigenvalue weighted by atomic mass is 10.0. The monoisotopic (exact) mass is 916 g/mol. The van der Waals surface area contributed by atoms with Crippen LogP contribution in [0.2, 0.25) is 0 Å². The lowest BCUT2D eigenvalue weighted by Crippen LogP contribution is -2.45. The Hall–Kier alpha value is -1.66. The van der Waals surface area contributed by atoms with Crippen molar-refractivity contribution in [3.8, 4) is 0 Å². The maximum Gasteiger partial charge on any atom is 0.305 e. The summed E-state index contributed by atoms with van der Waals surface area (Å²) in [5.74, 6) is -0.0629. The number of amides is 1. The first-order chi connectivity index (χ1) is 32.0. The second-order valence-electron chi connectivity index (χ2n) is 20.0. The van der Waals surface area contributed by atoms with Crippen LogP contribution in [0.25, 0.3) is 0 Å². The number of allylic oxidation sites excluding steroid dienone is 3. The van der Waals surface area contributed by atoms with Crippen LogP contribution < -0.4 is 5.32 Å². The second-order valence-corrected chi connectivity index (χ2v) is 20.0. The first-order valence-corrected chi connectivity index (χ1v) is 29.1. The SMILES string of the molecule is CCCCCCC/C=C\CCCCCCCC(=O)OCCCCCCCCCCCCCCCCCCCCCCCCCC(=O)NC(CO)C(O)/C=C/CCCCCCCCCCC. The molecule has 0 fully saturated rings. The molecule has 0 bridgehead atoms. The van der Waals surface area contributed by atoms with Crippen LogP contribution in [0.4, 0.5) is 0 Å². The van der Waals surface area contributed by atoms with E-state index >= 15 is 0 Å². The Balaban J connectivity index is 3.37. The molecule has 3 N–H and O–H groups in total. The molecule has 0 aliphatic carbocycles. The summed E-state index contributed by atoms with van der Waals surface area (Å²) in [5, 5.41) is 23.0. The van der Waals surface area contributed by atoms with E-state index in [-0.39, 0.29) is 18.5 Å². The van der Waals surface area contributed by atoms with E-state index < -0.39 is 12.1 Å². The molecule has 0 aromatic carbocycles. The maximum atomic E-state index is 12.4. The Kier molecular flexibility index (Phi) is 53.5. The molecule has 6 heteroatoms. The molecular formula is C59H113NO5. The maximum absolute atomic E-state index is 12.4. The summed E-state index contributed by atoms with van der Waals surface area (Å²) in [6.07, 6.45) is 66.4. The highest BCUT2D eigenvalue weighted by atomic mass is 16.5. The molecule has 6 nitrogen and oxygen atoms in total. The summed E-state index contributed by atoms with van der Waals surface area (Å²) in [7, 11) is 0. The Morgan fingerprint density at radius 3 is 1.09 bits per heavy atom. The van der Waals surface area contributed by atoms with Crippen LogP contribution >= 0.6 is 0 Å². The van der Waals surface area contributed by atoms with Crippen LogP contribution in [0, 0.1) is 0 Å². The third-order valence-electron chi connectivity index (χ3n) is 13.5. The van der Waals surface area contributed by atoms with Gasteiger partial charge in [0.1, 0.15) is 0 Å². The van der Waals surface area contributed by atoms with Crippen molar-refractivity contribution in [3.05, 3.63) is 24.3 Å². The van der Waals surface area contributed by atoms with E-state index in [2.05, 4.69) is 31.3 Å². The number of nitrogens with one attached hydrogen (secondary N) is 1. The number of ether oxygens (including phenoxy) is 1. The fourth-order valence-electron chi connectivity index (χ4n) is 8.98. The normalized spacial score (nSPS) is 12.7. The van der Waals surface area contributed by atoms with Crippen molar-refractivity contribution >= 4 is 11.9 Å². The van der Waals surface area contributed by atoms with Gasteiger partial charge in [0.2, 0.25) is 5.91 Å². The van der Waals surface area contributed by atoms with Crippen molar-refractivity contribution in [2.24, 2.45) is 0 Å². The molecule has 2 unspecified atom stereocenters. The van der Waals surface area contributed by atoms with Crippen LogP contribution in [0.15, 0.2) is 24.3 Å². The van der Waals surface area contributed by atoms with Crippen LogP contribution in [-0.4, -0.2) is 47.4 Å². The minimum atomic E-state index is -0.842. The zero-order valence-electron chi connectivity index (χ0n) is 43.7. The van der Waals surface area contributed by atoms with Gasteiger partial charge in [0, 0.05) is 12.8 Å². The van der Waals surface area contributed by atoms with E-state index in [1.165, 1.54) is 244 Å². The van der Waals surface area contributed by atoms with E-state index in [4.69, 9.17) is 4.74 Å². The highest BCUT2D eigenvalue weighted by Gasteiger charge is 2.18. The number of unbranched alkanes of at least 4 members (excludes halogenated alkanes) is 41. The topological polar surface area (TPSA) is 95.9 Å². The molecule has 0 radical (unpaired) electrons. The number of hydrogen-bond donors (Lipinski definition) is 3. The predicted octanol–water partition coefficient (Wildman–Crippen LogP) is 17.9. The minimum absolute atomic E-state index is 0.00526. The van der Waals surface area contributed by atoms with E-state index in [0.29, 0.717) is 19.4 Å². The molecule has 0 aromatic rings. The van der Waals surface area contributed by atoms with Crippen molar-refractivity contribution in [1.29, 1.82) is 0 Å². The molecule has 1 amide bonds. The second kappa shape index (κ2) is 54.9. The summed E-state index contributed by atoms with van der Waals surface area (Å²) < 4.78 is 5.47. The van der Waals surface area contributed by atoms with Gasteiger partial charge in [-0.25, -0.2) is 0 Å². The van der Waals surface area contributed by atoms with E-state index in [9.17, 15) is 19.8 Å². The van der Waals surface area contributed by atoms with Crippen molar-refractivity contribution < 1.29 is 24.5 Å². The molecule has 0 aliphatic rings. The van der Waals surface area contributed by atoms with Crippen molar-refractivity contribution in [2.45, 2.75) is 328 Å². The van der Waals surface area contributed by atoms with Gasteiger partial charge in [-0.2, -0.15) is 0 Å². The van der Waals surface area contributed by atoms with E-state index in [1.807, 2.05) is 6.08 Å². The standard InChI is InChI=1S/C59H113NO5/c1-3-5-7-9-11-13-15-16-29-33-37-41-45-49-53-59(64)65-54-50-46-42-38-34-30-27-25-23-21-19-17-18-20-22-24-26-28-32-36-40-44-48-52-58(63)60-56(55-61)57(62)51-47-43-39-35-31-14-12-10-8-6-4-2/h15-16,47,51,56-57,61-62H,3-14,17-46,48-50,52-55H2,1-2H3,(H,60,63)/b16-15-,51-47+. The lowest BCUT2D eigenvalue weighted by molar-refractivity contribution is -0.143. The summed E-state index contributed by atoms with van der Waals surface area (Å²) >= 11 is 0. The number of aliphatic hydroxyl groups excluding tert-OH is 2. The van der Waals surface area contributed by atoms with Crippen LogP contribution in [0.1, 0.15) is 316 Å². The van der Waals surface area contributed by atoms with Crippen LogP contribution in [0.3, 0.4) is 0 Å². The fraction of sp³-hybridized carbons (Fsp3) is 0.898. The largest absolute Gasteiger partial charge is 0.466 e. The predicted molar refractivity (Wildman–Crippen MR) is 283 cm³/mol. The molecule has 0 spiro atoms. The van der Waals surface area contributed by atoms with Crippen molar-refractivity contribution in [1.82, 2.24) is 5.32 Å². The molecule has 0 heterocycles. The van der Waals surface area contributed by atoms with Gasteiger partial charge in [-0.3, -0.25) is 9.59 Å². The van der Waals surface area contributed by atoms with Gasteiger partial charge in [0.15, 0.2) is 0 Å². The molecule has 0 rings (SSSR count). The van der Waals surface area contributed by atoms with Gasteiger partial charge in [-0.05, 0) is 57.8 Å². The average Bonchev–Trinajstić information content (AvgIpc) is 3.31.